The first-order valence-corrected chi connectivity index (χ1v) is 9.09. The Labute approximate surface area is 133 Å². The van der Waals surface area contributed by atoms with Crippen LogP contribution in [0.25, 0.3) is 0 Å². The van der Waals surface area contributed by atoms with Crippen molar-refractivity contribution in [1.82, 2.24) is 10.2 Å². The zero-order valence-corrected chi connectivity index (χ0v) is 14.6. The smallest absolute Gasteiger partial charge is 0.317 e. The van der Waals surface area contributed by atoms with Crippen LogP contribution in [0.15, 0.2) is 24.3 Å². The molecule has 0 saturated heterocycles. The van der Waals surface area contributed by atoms with E-state index >= 15 is 0 Å². The second-order valence-corrected chi connectivity index (χ2v) is 7.45. The van der Waals surface area contributed by atoms with Gasteiger partial charge in [0.15, 0.2) is 0 Å². The van der Waals surface area contributed by atoms with Gasteiger partial charge in [0.1, 0.15) is 0 Å². The number of urea groups is 1. The van der Waals surface area contributed by atoms with Gasteiger partial charge >= 0.3 is 6.03 Å². The fourth-order valence-electron chi connectivity index (χ4n) is 2.08. The molecule has 0 spiro atoms. The molecular weight excluding hydrogens is 302 g/mol. The largest absolute Gasteiger partial charge is 0.334 e. The Hall–Kier alpha value is -1.76. The predicted molar refractivity (Wildman–Crippen MR) is 89.4 cm³/mol. The van der Waals surface area contributed by atoms with Gasteiger partial charge in [0.05, 0.1) is 11.9 Å². The fourth-order valence-corrected chi connectivity index (χ4v) is 2.57. The molecule has 124 valence electrons. The van der Waals surface area contributed by atoms with Crippen LogP contribution in [0.4, 0.5) is 10.5 Å². The van der Waals surface area contributed by atoms with Crippen LogP contribution >= 0.6 is 0 Å². The zero-order chi connectivity index (χ0) is 16.9. The van der Waals surface area contributed by atoms with Crippen LogP contribution in [0, 0.1) is 0 Å². The van der Waals surface area contributed by atoms with Gasteiger partial charge in [-0.15, -0.1) is 0 Å². The lowest BCUT2D eigenvalue weighted by Gasteiger charge is -2.25. The monoisotopic (exact) mass is 327 g/mol. The number of benzene rings is 1. The van der Waals surface area contributed by atoms with E-state index in [9.17, 15) is 13.2 Å². The highest BCUT2D eigenvalue weighted by atomic mass is 32.2. The summed E-state index contributed by atoms with van der Waals surface area (Å²) in [6.45, 7) is 6.85. The van der Waals surface area contributed by atoms with Crippen molar-refractivity contribution in [3.63, 3.8) is 0 Å². The summed E-state index contributed by atoms with van der Waals surface area (Å²) >= 11 is 0. The third-order valence-electron chi connectivity index (χ3n) is 3.44. The van der Waals surface area contributed by atoms with Gasteiger partial charge in [0.25, 0.3) is 0 Å². The molecule has 22 heavy (non-hydrogen) atoms. The molecule has 0 unspecified atom stereocenters. The van der Waals surface area contributed by atoms with Crippen LogP contribution in [0.2, 0.25) is 0 Å². The number of sulfonamides is 1. The van der Waals surface area contributed by atoms with Crippen molar-refractivity contribution in [1.29, 1.82) is 0 Å². The molecule has 0 bridgehead atoms. The zero-order valence-electron chi connectivity index (χ0n) is 13.8. The first-order valence-electron chi connectivity index (χ1n) is 7.24. The molecular formula is C15H25N3O3S. The van der Waals surface area contributed by atoms with E-state index in [1.807, 2.05) is 26.8 Å². The number of nitrogens with zero attached hydrogens (tertiary/aromatic N) is 2. The van der Waals surface area contributed by atoms with Crippen molar-refractivity contribution in [2.75, 3.05) is 24.2 Å². The molecule has 0 heterocycles. The highest BCUT2D eigenvalue weighted by Crippen LogP contribution is 2.17. The van der Waals surface area contributed by atoms with Crippen LogP contribution < -0.4 is 9.62 Å². The Kier molecular flexibility index (Phi) is 6.22. The topological polar surface area (TPSA) is 69.7 Å². The van der Waals surface area contributed by atoms with E-state index in [2.05, 4.69) is 5.32 Å². The van der Waals surface area contributed by atoms with Gasteiger partial charge in [-0.05, 0) is 38.5 Å². The molecule has 1 rings (SSSR count). The molecule has 0 aromatic heterocycles. The summed E-state index contributed by atoms with van der Waals surface area (Å²) in [4.78, 5) is 13.8. The van der Waals surface area contributed by atoms with Crippen molar-refractivity contribution in [3.8, 4) is 0 Å². The van der Waals surface area contributed by atoms with Crippen molar-refractivity contribution >= 4 is 21.7 Å². The van der Waals surface area contributed by atoms with Crippen LogP contribution in [0.5, 0.6) is 0 Å². The van der Waals surface area contributed by atoms with E-state index in [1.54, 1.807) is 23.1 Å². The molecule has 0 aliphatic carbocycles. The summed E-state index contributed by atoms with van der Waals surface area (Å²) in [5.41, 5.74) is 1.42. The molecule has 1 aromatic carbocycles. The standard InChI is InChI=1S/C15H25N3O3S/c1-6-18(12(2)3)15(19)16-11-13-8-7-9-14(10-13)17(4)22(5,20)21/h7-10,12H,6,11H2,1-5H3,(H,16,19). The highest BCUT2D eigenvalue weighted by Gasteiger charge is 2.15. The molecule has 0 fully saturated rings. The second-order valence-electron chi connectivity index (χ2n) is 5.44. The number of carbonyl (C=O) groups excluding carboxylic acids is 1. The Morgan fingerprint density at radius 1 is 1.32 bits per heavy atom. The molecule has 0 aliphatic rings. The molecule has 0 saturated carbocycles. The van der Waals surface area contributed by atoms with Crippen molar-refractivity contribution < 1.29 is 13.2 Å². The molecule has 6 nitrogen and oxygen atoms in total. The summed E-state index contributed by atoms with van der Waals surface area (Å²) in [6.07, 6.45) is 1.16. The Balaban J connectivity index is 2.78. The normalized spacial score (nSPS) is 11.4. The third-order valence-corrected chi connectivity index (χ3v) is 4.65. The molecule has 1 aromatic rings. The summed E-state index contributed by atoms with van der Waals surface area (Å²) in [7, 11) is -1.79. The van der Waals surface area contributed by atoms with E-state index in [4.69, 9.17) is 0 Å². The molecule has 0 aliphatic heterocycles. The van der Waals surface area contributed by atoms with Gasteiger partial charge in [-0.2, -0.15) is 0 Å². The van der Waals surface area contributed by atoms with Gasteiger partial charge in [0, 0.05) is 26.2 Å². The average Bonchev–Trinajstić information content (AvgIpc) is 2.44. The van der Waals surface area contributed by atoms with E-state index in [1.165, 1.54) is 11.4 Å². The summed E-state index contributed by atoms with van der Waals surface area (Å²) < 4.78 is 24.3. The second kappa shape index (κ2) is 7.49. The van der Waals surface area contributed by atoms with Gasteiger partial charge < -0.3 is 10.2 Å². The molecule has 0 radical (unpaired) electrons. The van der Waals surface area contributed by atoms with Crippen molar-refractivity contribution in [2.24, 2.45) is 0 Å². The van der Waals surface area contributed by atoms with Crippen LogP contribution in [-0.4, -0.2) is 45.2 Å². The Morgan fingerprint density at radius 2 is 1.95 bits per heavy atom. The van der Waals surface area contributed by atoms with E-state index in [-0.39, 0.29) is 12.1 Å². The number of carbonyl (C=O) groups is 1. The van der Waals surface area contributed by atoms with Crippen LogP contribution in [-0.2, 0) is 16.6 Å². The molecule has 7 heteroatoms. The first kappa shape index (κ1) is 18.3. The van der Waals surface area contributed by atoms with E-state index in [0.29, 0.717) is 18.8 Å². The van der Waals surface area contributed by atoms with Gasteiger partial charge in [-0.1, -0.05) is 12.1 Å². The number of rotatable bonds is 6. The predicted octanol–water partition coefficient (Wildman–Crippen LogP) is 2.02. The third kappa shape index (κ3) is 4.91. The minimum Gasteiger partial charge on any atom is -0.334 e. The lowest BCUT2D eigenvalue weighted by atomic mass is 10.2. The average molecular weight is 327 g/mol. The number of anilines is 1. The lowest BCUT2D eigenvalue weighted by Crippen LogP contribution is -2.43. The lowest BCUT2D eigenvalue weighted by molar-refractivity contribution is 0.186. The summed E-state index contributed by atoms with van der Waals surface area (Å²) in [5.74, 6) is 0. The minimum absolute atomic E-state index is 0.126. The maximum absolute atomic E-state index is 12.1. The Morgan fingerprint density at radius 3 is 2.45 bits per heavy atom. The maximum atomic E-state index is 12.1. The molecule has 2 amide bonds. The minimum atomic E-state index is -3.29. The van der Waals surface area contributed by atoms with E-state index in [0.717, 1.165) is 11.8 Å². The number of amides is 2. The molecule has 0 atom stereocenters. The fraction of sp³-hybridized carbons (Fsp3) is 0.533. The summed E-state index contributed by atoms with van der Waals surface area (Å²) in [6, 6.07) is 7.11. The van der Waals surface area contributed by atoms with E-state index < -0.39 is 10.0 Å². The van der Waals surface area contributed by atoms with Gasteiger partial charge in [-0.25, -0.2) is 13.2 Å². The summed E-state index contributed by atoms with van der Waals surface area (Å²) in [5, 5.41) is 2.86. The maximum Gasteiger partial charge on any atom is 0.317 e. The SMILES string of the molecule is CCN(C(=O)NCc1cccc(N(C)S(C)(=O)=O)c1)C(C)C. The van der Waals surface area contributed by atoms with Crippen molar-refractivity contribution in [2.45, 2.75) is 33.4 Å². The number of nitrogens with one attached hydrogen (secondary N) is 1. The quantitative estimate of drug-likeness (QED) is 0.869. The van der Waals surface area contributed by atoms with Crippen LogP contribution in [0.3, 0.4) is 0 Å². The van der Waals surface area contributed by atoms with Gasteiger partial charge in [0.2, 0.25) is 10.0 Å². The number of hydrogen-bond acceptors (Lipinski definition) is 3. The molecule has 1 N–H and O–H groups in total. The Bertz CT molecular complexity index is 614. The number of hydrogen-bond donors (Lipinski definition) is 1. The van der Waals surface area contributed by atoms with Gasteiger partial charge in [-0.3, -0.25) is 4.31 Å². The van der Waals surface area contributed by atoms with Crippen LogP contribution in [0.1, 0.15) is 26.3 Å². The van der Waals surface area contributed by atoms with Crippen molar-refractivity contribution in [3.05, 3.63) is 29.8 Å². The highest BCUT2D eigenvalue weighted by molar-refractivity contribution is 7.92. The first-order chi connectivity index (χ1) is 10.2.